The Morgan fingerprint density at radius 3 is 3.00 bits per heavy atom. The molecule has 0 saturated carbocycles. The zero-order valence-electron chi connectivity index (χ0n) is 9.99. The van der Waals surface area contributed by atoms with Crippen molar-refractivity contribution in [3.8, 4) is 5.75 Å². The lowest BCUT2D eigenvalue weighted by Gasteiger charge is -2.26. The van der Waals surface area contributed by atoms with Gasteiger partial charge in [0.15, 0.2) is 6.61 Å². The molecule has 1 aliphatic heterocycles. The second-order valence-electron chi connectivity index (χ2n) is 4.03. The van der Waals surface area contributed by atoms with Crippen LogP contribution in [0.4, 0.5) is 0 Å². The molecule has 102 valence electrons. The number of piperazine rings is 1. The topological polar surface area (TPSA) is 58.6 Å². The summed E-state index contributed by atoms with van der Waals surface area (Å²) in [6, 6.07) is 5.05. The summed E-state index contributed by atoms with van der Waals surface area (Å²) in [4.78, 5) is 24.5. The lowest BCUT2D eigenvalue weighted by molar-refractivity contribution is -0.139. The summed E-state index contributed by atoms with van der Waals surface area (Å²) in [5.74, 6) is 0.184. The second kappa shape index (κ2) is 6.25. The minimum Gasteiger partial charge on any atom is -0.483 e. The fourth-order valence-electron chi connectivity index (χ4n) is 1.67. The molecule has 1 fully saturated rings. The molecule has 1 saturated heterocycles. The summed E-state index contributed by atoms with van der Waals surface area (Å²) < 4.78 is 6.10. The van der Waals surface area contributed by atoms with Crippen molar-refractivity contribution in [1.82, 2.24) is 10.2 Å². The molecule has 0 spiro atoms. The van der Waals surface area contributed by atoms with Crippen LogP contribution in [0.25, 0.3) is 0 Å². The second-order valence-corrected chi connectivity index (χ2v) is 5.32. The highest BCUT2D eigenvalue weighted by Crippen LogP contribution is 2.27. The largest absolute Gasteiger partial charge is 0.483 e. The van der Waals surface area contributed by atoms with Gasteiger partial charge in [-0.1, -0.05) is 11.6 Å². The van der Waals surface area contributed by atoms with Gasteiger partial charge in [-0.05, 0) is 34.1 Å². The summed E-state index contributed by atoms with van der Waals surface area (Å²) >= 11 is 9.12. The van der Waals surface area contributed by atoms with Gasteiger partial charge in [0.2, 0.25) is 5.91 Å². The summed E-state index contributed by atoms with van der Waals surface area (Å²) in [6.45, 7) is 0.975. The number of hydrogen-bond donors (Lipinski definition) is 1. The van der Waals surface area contributed by atoms with Crippen molar-refractivity contribution in [2.45, 2.75) is 0 Å². The van der Waals surface area contributed by atoms with Crippen LogP contribution in [0.5, 0.6) is 5.75 Å². The first kappa shape index (κ1) is 14.1. The fourth-order valence-corrected chi connectivity index (χ4v) is 2.47. The number of carbonyl (C=O) groups excluding carboxylic acids is 2. The smallest absolute Gasteiger partial charge is 0.261 e. The Bertz CT molecular complexity index is 510. The zero-order valence-corrected chi connectivity index (χ0v) is 12.3. The van der Waals surface area contributed by atoms with Crippen LogP contribution in [0, 0.1) is 0 Å². The number of benzene rings is 1. The van der Waals surface area contributed by atoms with Gasteiger partial charge in [0, 0.05) is 18.1 Å². The van der Waals surface area contributed by atoms with Crippen LogP contribution in [0.15, 0.2) is 22.7 Å². The van der Waals surface area contributed by atoms with Crippen molar-refractivity contribution in [2.75, 3.05) is 26.2 Å². The van der Waals surface area contributed by atoms with Gasteiger partial charge in [-0.25, -0.2) is 0 Å². The Morgan fingerprint density at radius 2 is 2.32 bits per heavy atom. The third-order valence-corrected chi connectivity index (χ3v) is 3.49. The van der Waals surface area contributed by atoms with Gasteiger partial charge in [0.05, 0.1) is 11.0 Å². The van der Waals surface area contributed by atoms with Gasteiger partial charge in [-0.2, -0.15) is 0 Å². The minimum absolute atomic E-state index is 0.0873. The molecular formula is C12H12BrClN2O3. The van der Waals surface area contributed by atoms with Crippen molar-refractivity contribution in [3.05, 3.63) is 27.7 Å². The maximum atomic E-state index is 11.9. The highest BCUT2D eigenvalue weighted by Gasteiger charge is 2.21. The van der Waals surface area contributed by atoms with Crippen molar-refractivity contribution < 1.29 is 14.3 Å². The third kappa shape index (κ3) is 3.84. The van der Waals surface area contributed by atoms with E-state index in [1.807, 2.05) is 0 Å². The first-order chi connectivity index (χ1) is 9.06. The molecule has 19 heavy (non-hydrogen) atoms. The number of ether oxygens (including phenoxy) is 1. The molecule has 7 heteroatoms. The third-order valence-electron chi connectivity index (χ3n) is 2.64. The molecule has 5 nitrogen and oxygen atoms in total. The van der Waals surface area contributed by atoms with Gasteiger partial charge in [-0.3, -0.25) is 9.59 Å². The Balaban J connectivity index is 1.91. The number of rotatable bonds is 3. The molecule has 1 N–H and O–H groups in total. The molecule has 0 aromatic heterocycles. The van der Waals surface area contributed by atoms with Gasteiger partial charge < -0.3 is 15.0 Å². The highest BCUT2D eigenvalue weighted by atomic mass is 79.9. The van der Waals surface area contributed by atoms with Crippen LogP contribution in [0.2, 0.25) is 5.02 Å². The average Bonchev–Trinajstić information content (AvgIpc) is 2.37. The van der Waals surface area contributed by atoms with E-state index in [2.05, 4.69) is 21.2 Å². The SMILES string of the molecule is O=C1CN(C(=O)COc2ccc(Cl)cc2Br)CCN1. The van der Waals surface area contributed by atoms with E-state index in [1.165, 1.54) is 4.90 Å². The van der Waals surface area contributed by atoms with Crippen LogP contribution in [-0.4, -0.2) is 43.0 Å². The Kier molecular flexibility index (Phi) is 4.66. The standard InChI is InChI=1S/C12H12BrClN2O3/c13-9-5-8(14)1-2-10(9)19-7-12(18)16-4-3-15-11(17)6-16/h1-2,5H,3-4,6-7H2,(H,15,17). The molecule has 0 aliphatic carbocycles. The van der Waals surface area contributed by atoms with E-state index in [0.717, 1.165) is 0 Å². The van der Waals surface area contributed by atoms with Crippen LogP contribution >= 0.6 is 27.5 Å². The summed E-state index contributed by atoms with van der Waals surface area (Å²) in [7, 11) is 0. The molecule has 2 amide bonds. The molecule has 1 aromatic rings. The molecule has 1 aromatic carbocycles. The van der Waals surface area contributed by atoms with E-state index in [9.17, 15) is 9.59 Å². The number of nitrogens with zero attached hydrogens (tertiary/aromatic N) is 1. The summed E-state index contributed by atoms with van der Waals surface area (Å²) in [5.41, 5.74) is 0. The van der Waals surface area contributed by atoms with E-state index in [-0.39, 0.29) is 25.0 Å². The van der Waals surface area contributed by atoms with Crippen molar-refractivity contribution in [3.63, 3.8) is 0 Å². The van der Waals surface area contributed by atoms with Gasteiger partial charge in [0.1, 0.15) is 5.75 Å². The summed E-state index contributed by atoms with van der Waals surface area (Å²) in [6.07, 6.45) is 0. The Labute approximate surface area is 124 Å². The molecular weight excluding hydrogens is 336 g/mol. The average molecular weight is 348 g/mol. The zero-order chi connectivity index (χ0) is 13.8. The van der Waals surface area contributed by atoms with E-state index in [1.54, 1.807) is 18.2 Å². The van der Waals surface area contributed by atoms with Crippen molar-refractivity contribution in [1.29, 1.82) is 0 Å². The summed E-state index contributed by atoms with van der Waals surface area (Å²) in [5, 5.41) is 3.24. The number of halogens is 2. The quantitative estimate of drug-likeness (QED) is 0.900. The minimum atomic E-state index is -0.211. The predicted octanol–water partition coefficient (Wildman–Crippen LogP) is 1.44. The molecule has 1 heterocycles. The van der Waals surface area contributed by atoms with Crippen LogP contribution < -0.4 is 10.1 Å². The molecule has 0 atom stereocenters. The Hall–Kier alpha value is -1.27. The number of amides is 2. The fraction of sp³-hybridized carbons (Fsp3) is 0.333. The monoisotopic (exact) mass is 346 g/mol. The lowest BCUT2D eigenvalue weighted by Crippen LogP contribution is -2.51. The first-order valence-electron chi connectivity index (χ1n) is 5.68. The number of nitrogens with one attached hydrogen (secondary N) is 1. The number of hydrogen-bond acceptors (Lipinski definition) is 3. The van der Waals surface area contributed by atoms with Crippen molar-refractivity contribution in [2.24, 2.45) is 0 Å². The Morgan fingerprint density at radius 1 is 1.53 bits per heavy atom. The van der Waals surface area contributed by atoms with Crippen molar-refractivity contribution >= 4 is 39.3 Å². The maximum absolute atomic E-state index is 11.9. The molecule has 2 rings (SSSR count). The normalized spacial score (nSPS) is 15.1. The van der Waals surface area contributed by atoms with Crippen LogP contribution in [0.1, 0.15) is 0 Å². The maximum Gasteiger partial charge on any atom is 0.261 e. The highest BCUT2D eigenvalue weighted by molar-refractivity contribution is 9.10. The van der Waals surface area contributed by atoms with Gasteiger partial charge in [0.25, 0.3) is 5.91 Å². The van der Waals surface area contributed by atoms with Gasteiger partial charge in [-0.15, -0.1) is 0 Å². The van der Waals surface area contributed by atoms with E-state index < -0.39 is 0 Å². The molecule has 0 bridgehead atoms. The van der Waals surface area contributed by atoms with Crippen LogP contribution in [0.3, 0.4) is 0 Å². The molecule has 1 aliphatic rings. The lowest BCUT2D eigenvalue weighted by atomic mass is 10.3. The van der Waals surface area contributed by atoms with Gasteiger partial charge >= 0.3 is 0 Å². The van der Waals surface area contributed by atoms with E-state index in [4.69, 9.17) is 16.3 Å². The molecule has 0 unspecified atom stereocenters. The molecule has 0 radical (unpaired) electrons. The van der Waals surface area contributed by atoms with E-state index in [0.29, 0.717) is 28.3 Å². The van der Waals surface area contributed by atoms with E-state index >= 15 is 0 Å². The number of carbonyl (C=O) groups is 2. The predicted molar refractivity (Wildman–Crippen MR) is 74.2 cm³/mol. The first-order valence-corrected chi connectivity index (χ1v) is 6.85. The van der Waals surface area contributed by atoms with Crippen LogP contribution in [-0.2, 0) is 9.59 Å².